The first-order valence-electron chi connectivity index (χ1n) is 5.23. The lowest BCUT2D eigenvalue weighted by molar-refractivity contribution is -0.127. The van der Waals surface area contributed by atoms with Gasteiger partial charge in [-0.3, -0.25) is 4.79 Å². The van der Waals surface area contributed by atoms with Gasteiger partial charge in [0.05, 0.1) is 13.1 Å². The highest BCUT2D eigenvalue weighted by Crippen LogP contribution is 2.21. The van der Waals surface area contributed by atoms with Crippen molar-refractivity contribution in [3.05, 3.63) is 29.3 Å². The molecule has 0 bridgehead atoms. The number of hydrogen-bond donors (Lipinski definition) is 2. The summed E-state index contributed by atoms with van der Waals surface area (Å²) in [7, 11) is 0. The summed E-state index contributed by atoms with van der Waals surface area (Å²) in [4.78, 5) is 11.3. The number of amides is 1. The molecule has 0 aliphatic carbocycles. The third kappa shape index (κ3) is 5.44. The molecule has 1 amide bonds. The highest BCUT2D eigenvalue weighted by atomic mass is 35.5. The van der Waals surface area contributed by atoms with E-state index < -0.39 is 31.3 Å². The van der Waals surface area contributed by atoms with E-state index in [1.165, 1.54) is 6.07 Å². The monoisotopic (exact) mass is 298 g/mol. The Morgan fingerprint density at radius 1 is 1.37 bits per heavy atom. The van der Waals surface area contributed by atoms with Crippen molar-refractivity contribution < 1.29 is 22.4 Å². The van der Waals surface area contributed by atoms with Crippen molar-refractivity contribution >= 4 is 23.2 Å². The third-order valence-electron chi connectivity index (χ3n) is 2.07. The molecular formula is C11H11ClF4N2O. The van der Waals surface area contributed by atoms with Crippen molar-refractivity contribution in [3.8, 4) is 0 Å². The van der Waals surface area contributed by atoms with E-state index >= 15 is 0 Å². The summed E-state index contributed by atoms with van der Waals surface area (Å²) in [5, 5.41) is 4.74. The van der Waals surface area contributed by atoms with Crippen LogP contribution in [0.5, 0.6) is 0 Å². The van der Waals surface area contributed by atoms with E-state index in [9.17, 15) is 22.4 Å². The van der Waals surface area contributed by atoms with Crippen LogP contribution in [0, 0.1) is 0 Å². The zero-order valence-corrected chi connectivity index (χ0v) is 10.4. The molecule has 0 saturated carbocycles. The zero-order chi connectivity index (χ0) is 14.5. The van der Waals surface area contributed by atoms with Gasteiger partial charge in [0.15, 0.2) is 0 Å². The van der Waals surface area contributed by atoms with Crippen LogP contribution in [0.15, 0.2) is 24.3 Å². The van der Waals surface area contributed by atoms with Crippen LogP contribution < -0.4 is 10.6 Å². The fraction of sp³-hybridized carbons (Fsp3) is 0.364. The van der Waals surface area contributed by atoms with Crippen LogP contribution in [-0.4, -0.2) is 31.3 Å². The van der Waals surface area contributed by atoms with Gasteiger partial charge in [0, 0.05) is 10.7 Å². The SMILES string of the molecule is O=C(CNCC(F)(F)C(F)F)Nc1cccc(Cl)c1. The van der Waals surface area contributed by atoms with E-state index in [-0.39, 0.29) is 0 Å². The summed E-state index contributed by atoms with van der Waals surface area (Å²) in [5.41, 5.74) is 0.389. The van der Waals surface area contributed by atoms with Gasteiger partial charge in [-0.1, -0.05) is 17.7 Å². The number of carbonyl (C=O) groups is 1. The molecule has 1 aromatic carbocycles. The molecule has 0 unspecified atom stereocenters. The molecule has 106 valence electrons. The van der Waals surface area contributed by atoms with Crippen LogP contribution in [-0.2, 0) is 4.79 Å². The summed E-state index contributed by atoms with van der Waals surface area (Å²) in [6.07, 6.45) is -3.77. The quantitative estimate of drug-likeness (QED) is 0.793. The van der Waals surface area contributed by atoms with Crippen LogP contribution in [0.1, 0.15) is 0 Å². The lowest BCUT2D eigenvalue weighted by Gasteiger charge is -2.15. The maximum Gasteiger partial charge on any atom is 0.319 e. The third-order valence-corrected chi connectivity index (χ3v) is 2.31. The van der Waals surface area contributed by atoms with Gasteiger partial charge in [-0.2, -0.15) is 8.78 Å². The number of nitrogens with one attached hydrogen (secondary N) is 2. The Hall–Kier alpha value is -1.34. The number of alkyl halides is 4. The molecule has 0 aliphatic rings. The Labute approximate surface area is 111 Å². The minimum absolute atomic E-state index is 0.389. The summed E-state index contributed by atoms with van der Waals surface area (Å²) in [6, 6.07) is 6.21. The number of anilines is 1. The number of benzene rings is 1. The second-order valence-electron chi connectivity index (χ2n) is 3.72. The lowest BCUT2D eigenvalue weighted by atomic mass is 10.3. The Bertz CT molecular complexity index is 442. The van der Waals surface area contributed by atoms with Gasteiger partial charge in [-0.25, -0.2) is 8.78 Å². The standard InChI is InChI=1S/C11H11ClF4N2O/c12-7-2-1-3-8(4-7)18-9(19)5-17-6-11(15,16)10(13)14/h1-4,10,17H,5-6H2,(H,18,19). The fourth-order valence-electron chi connectivity index (χ4n) is 1.19. The second-order valence-corrected chi connectivity index (χ2v) is 4.16. The highest BCUT2D eigenvalue weighted by Gasteiger charge is 2.40. The van der Waals surface area contributed by atoms with Crippen molar-refractivity contribution in [1.82, 2.24) is 5.32 Å². The molecule has 0 saturated heterocycles. The van der Waals surface area contributed by atoms with Crippen molar-refractivity contribution in [1.29, 1.82) is 0 Å². The van der Waals surface area contributed by atoms with Crippen LogP contribution in [0.3, 0.4) is 0 Å². The molecule has 1 rings (SSSR count). The summed E-state index contributed by atoms with van der Waals surface area (Å²) in [6.45, 7) is -1.78. The van der Waals surface area contributed by atoms with E-state index in [1.807, 2.05) is 5.32 Å². The smallest absolute Gasteiger partial charge is 0.319 e. The van der Waals surface area contributed by atoms with Gasteiger partial charge in [-0.05, 0) is 18.2 Å². The summed E-state index contributed by atoms with van der Waals surface area (Å²) >= 11 is 5.68. The number of rotatable bonds is 6. The van der Waals surface area contributed by atoms with Gasteiger partial charge in [0.2, 0.25) is 5.91 Å². The first-order chi connectivity index (χ1) is 8.81. The van der Waals surface area contributed by atoms with Crippen LogP contribution >= 0.6 is 11.6 Å². The van der Waals surface area contributed by atoms with Crippen LogP contribution in [0.4, 0.5) is 23.2 Å². The molecule has 19 heavy (non-hydrogen) atoms. The van der Waals surface area contributed by atoms with Gasteiger partial charge >= 0.3 is 12.3 Å². The first kappa shape index (κ1) is 15.7. The second kappa shape index (κ2) is 6.72. The number of hydrogen-bond acceptors (Lipinski definition) is 2. The highest BCUT2D eigenvalue weighted by molar-refractivity contribution is 6.30. The molecule has 1 aromatic rings. The Morgan fingerprint density at radius 3 is 2.63 bits per heavy atom. The molecule has 0 fully saturated rings. The maximum absolute atomic E-state index is 12.5. The van der Waals surface area contributed by atoms with Gasteiger partial charge in [0.25, 0.3) is 0 Å². The molecular weight excluding hydrogens is 288 g/mol. The minimum Gasteiger partial charge on any atom is -0.325 e. The largest absolute Gasteiger partial charge is 0.325 e. The molecule has 0 aliphatic heterocycles. The van der Waals surface area contributed by atoms with Crippen molar-refractivity contribution in [2.45, 2.75) is 12.3 Å². The fourth-order valence-corrected chi connectivity index (χ4v) is 1.38. The van der Waals surface area contributed by atoms with E-state index in [0.29, 0.717) is 10.7 Å². The molecule has 0 spiro atoms. The molecule has 8 heteroatoms. The predicted molar refractivity (Wildman–Crippen MR) is 63.9 cm³/mol. The predicted octanol–water partition coefficient (Wildman–Crippen LogP) is 2.77. The maximum atomic E-state index is 12.5. The van der Waals surface area contributed by atoms with E-state index in [2.05, 4.69) is 5.32 Å². The van der Waals surface area contributed by atoms with Gasteiger partial charge in [0.1, 0.15) is 0 Å². The molecule has 3 nitrogen and oxygen atoms in total. The Balaban J connectivity index is 2.37. The van der Waals surface area contributed by atoms with Crippen molar-refractivity contribution in [2.75, 3.05) is 18.4 Å². The van der Waals surface area contributed by atoms with E-state index in [1.54, 1.807) is 18.2 Å². The first-order valence-corrected chi connectivity index (χ1v) is 5.61. The number of carbonyl (C=O) groups excluding carboxylic acids is 1. The Morgan fingerprint density at radius 2 is 2.05 bits per heavy atom. The summed E-state index contributed by atoms with van der Waals surface area (Å²) in [5.74, 6) is -4.79. The molecule has 0 radical (unpaired) electrons. The van der Waals surface area contributed by atoms with E-state index in [0.717, 1.165) is 0 Å². The average molecular weight is 299 g/mol. The van der Waals surface area contributed by atoms with Crippen molar-refractivity contribution in [3.63, 3.8) is 0 Å². The Kier molecular flexibility index (Phi) is 5.56. The van der Waals surface area contributed by atoms with Gasteiger partial charge in [-0.15, -0.1) is 0 Å². The molecule has 2 N–H and O–H groups in total. The average Bonchev–Trinajstić information content (AvgIpc) is 2.28. The van der Waals surface area contributed by atoms with Crippen LogP contribution in [0.25, 0.3) is 0 Å². The topological polar surface area (TPSA) is 41.1 Å². The molecule has 0 aromatic heterocycles. The van der Waals surface area contributed by atoms with E-state index in [4.69, 9.17) is 11.6 Å². The molecule has 0 atom stereocenters. The summed E-state index contributed by atoms with van der Waals surface area (Å²) < 4.78 is 48.7. The van der Waals surface area contributed by atoms with Crippen LogP contribution in [0.2, 0.25) is 5.02 Å². The number of halogens is 5. The normalized spacial score (nSPS) is 11.7. The van der Waals surface area contributed by atoms with Crippen molar-refractivity contribution in [2.24, 2.45) is 0 Å². The lowest BCUT2D eigenvalue weighted by Crippen LogP contribution is -2.41. The van der Waals surface area contributed by atoms with Gasteiger partial charge < -0.3 is 10.6 Å². The zero-order valence-electron chi connectivity index (χ0n) is 9.60. The molecule has 0 heterocycles. The minimum atomic E-state index is -4.16.